The van der Waals surface area contributed by atoms with Crippen molar-refractivity contribution < 1.29 is 18.0 Å². The van der Waals surface area contributed by atoms with Crippen molar-refractivity contribution in [1.82, 2.24) is 14.5 Å². The van der Waals surface area contributed by atoms with Gasteiger partial charge in [0.1, 0.15) is 6.04 Å². The molecular formula is C26H37N3O4S. The third-order valence-electron chi connectivity index (χ3n) is 6.08. The summed E-state index contributed by atoms with van der Waals surface area (Å²) in [5.74, 6) is -0.657. The van der Waals surface area contributed by atoms with Gasteiger partial charge in [0, 0.05) is 19.6 Å². The average molecular weight is 488 g/mol. The zero-order chi connectivity index (χ0) is 25.5. The highest BCUT2D eigenvalue weighted by molar-refractivity contribution is 7.89. The number of sulfonamides is 1. The highest BCUT2D eigenvalue weighted by atomic mass is 32.2. The van der Waals surface area contributed by atoms with Crippen molar-refractivity contribution in [1.29, 1.82) is 0 Å². The maximum absolute atomic E-state index is 13.5. The van der Waals surface area contributed by atoms with Crippen molar-refractivity contribution in [3.05, 3.63) is 65.2 Å². The summed E-state index contributed by atoms with van der Waals surface area (Å²) in [5, 5.41) is 2.97. The molecule has 2 aromatic carbocycles. The van der Waals surface area contributed by atoms with E-state index in [0.29, 0.717) is 6.42 Å². The maximum atomic E-state index is 13.5. The Labute approximate surface area is 204 Å². The smallest absolute Gasteiger partial charge is 0.243 e. The maximum Gasteiger partial charge on any atom is 0.243 e. The molecule has 0 aliphatic carbocycles. The van der Waals surface area contributed by atoms with Crippen LogP contribution in [0.5, 0.6) is 0 Å². The predicted molar refractivity (Wildman–Crippen MR) is 135 cm³/mol. The summed E-state index contributed by atoms with van der Waals surface area (Å²) < 4.78 is 27.1. The first-order valence-corrected chi connectivity index (χ1v) is 13.1. The van der Waals surface area contributed by atoms with Crippen molar-refractivity contribution in [3.63, 3.8) is 0 Å². The fourth-order valence-corrected chi connectivity index (χ4v) is 4.71. The van der Waals surface area contributed by atoms with E-state index >= 15 is 0 Å². The molecule has 0 aromatic heterocycles. The van der Waals surface area contributed by atoms with Gasteiger partial charge in [-0.2, -0.15) is 4.31 Å². The average Bonchev–Trinajstić information content (AvgIpc) is 2.80. The fraction of sp³-hybridized carbons (Fsp3) is 0.462. The van der Waals surface area contributed by atoms with Crippen molar-refractivity contribution in [2.24, 2.45) is 0 Å². The molecular weight excluding hydrogens is 450 g/mol. The number of amides is 2. The van der Waals surface area contributed by atoms with E-state index in [1.54, 1.807) is 12.1 Å². The first kappa shape index (κ1) is 27.5. The predicted octanol–water partition coefficient (Wildman–Crippen LogP) is 3.65. The van der Waals surface area contributed by atoms with Crippen LogP contribution < -0.4 is 5.32 Å². The van der Waals surface area contributed by atoms with E-state index in [9.17, 15) is 18.0 Å². The Bertz CT molecular complexity index is 1080. The SMILES string of the molecule is CC[C@@H](C)NC(=O)[C@H](CC)N(Cc1ccccc1C)C(=O)CN(C)S(=O)(=O)c1ccc(C)cc1. The van der Waals surface area contributed by atoms with Crippen LogP contribution in [0.4, 0.5) is 0 Å². The lowest BCUT2D eigenvalue weighted by Crippen LogP contribution is -2.53. The van der Waals surface area contributed by atoms with Crippen LogP contribution in [0, 0.1) is 13.8 Å². The first-order chi connectivity index (χ1) is 16.0. The number of aryl methyl sites for hydroxylation is 2. The number of nitrogens with one attached hydrogen (secondary N) is 1. The van der Waals surface area contributed by atoms with E-state index in [4.69, 9.17) is 0 Å². The van der Waals surface area contributed by atoms with Crippen LogP contribution in [0.15, 0.2) is 53.4 Å². The highest BCUT2D eigenvalue weighted by Gasteiger charge is 2.32. The van der Waals surface area contributed by atoms with Crippen LogP contribution in [0.1, 0.15) is 50.3 Å². The Morgan fingerprint density at radius 1 is 0.971 bits per heavy atom. The van der Waals surface area contributed by atoms with Crippen molar-refractivity contribution in [2.45, 2.75) is 71.0 Å². The van der Waals surface area contributed by atoms with Crippen LogP contribution in [-0.2, 0) is 26.2 Å². The van der Waals surface area contributed by atoms with Gasteiger partial charge >= 0.3 is 0 Å². The minimum absolute atomic E-state index is 0.0263. The number of rotatable bonds is 11. The van der Waals surface area contributed by atoms with Gasteiger partial charge < -0.3 is 10.2 Å². The molecule has 0 heterocycles. The molecule has 34 heavy (non-hydrogen) atoms. The number of carbonyl (C=O) groups excluding carboxylic acids is 2. The highest BCUT2D eigenvalue weighted by Crippen LogP contribution is 2.19. The van der Waals surface area contributed by atoms with Gasteiger partial charge in [0.15, 0.2) is 0 Å². The zero-order valence-electron chi connectivity index (χ0n) is 21.0. The molecule has 2 aromatic rings. The number of hydrogen-bond donors (Lipinski definition) is 1. The molecule has 0 saturated heterocycles. The molecule has 2 atom stereocenters. The van der Waals surface area contributed by atoms with Gasteiger partial charge in [0.2, 0.25) is 21.8 Å². The van der Waals surface area contributed by atoms with Crippen LogP contribution >= 0.6 is 0 Å². The quantitative estimate of drug-likeness (QED) is 0.524. The topological polar surface area (TPSA) is 86.8 Å². The Balaban J connectivity index is 2.34. The molecule has 2 rings (SSSR count). The summed E-state index contributed by atoms with van der Waals surface area (Å²) in [6, 6.07) is 13.4. The molecule has 0 spiro atoms. The molecule has 1 N–H and O–H groups in total. The molecule has 7 nitrogen and oxygen atoms in total. The van der Waals surface area contributed by atoms with Gasteiger partial charge in [-0.3, -0.25) is 9.59 Å². The summed E-state index contributed by atoms with van der Waals surface area (Å²) in [4.78, 5) is 28.2. The first-order valence-electron chi connectivity index (χ1n) is 11.7. The fourth-order valence-electron chi connectivity index (χ4n) is 3.59. The van der Waals surface area contributed by atoms with Gasteiger partial charge in [-0.05, 0) is 56.9 Å². The van der Waals surface area contributed by atoms with Crippen LogP contribution in [0.25, 0.3) is 0 Å². The monoisotopic (exact) mass is 487 g/mol. The Kier molecular flexibility index (Phi) is 9.82. The third kappa shape index (κ3) is 6.90. The van der Waals surface area contributed by atoms with E-state index in [1.807, 2.05) is 58.9 Å². The summed E-state index contributed by atoms with van der Waals surface area (Å²) in [5.41, 5.74) is 2.85. The van der Waals surface area contributed by atoms with Crippen molar-refractivity contribution >= 4 is 21.8 Å². The molecule has 0 bridgehead atoms. The zero-order valence-corrected chi connectivity index (χ0v) is 21.9. The lowest BCUT2D eigenvalue weighted by molar-refractivity contribution is -0.141. The van der Waals surface area contributed by atoms with Gasteiger partial charge in [-0.15, -0.1) is 0 Å². The molecule has 0 aliphatic heterocycles. The second kappa shape index (κ2) is 12.1. The normalized spacial score (nSPS) is 13.4. The minimum Gasteiger partial charge on any atom is -0.352 e. The third-order valence-corrected chi connectivity index (χ3v) is 7.89. The minimum atomic E-state index is -3.86. The van der Waals surface area contributed by atoms with E-state index < -0.39 is 22.0 Å². The summed E-state index contributed by atoms with van der Waals surface area (Å²) in [7, 11) is -2.47. The second-order valence-electron chi connectivity index (χ2n) is 8.76. The molecule has 0 unspecified atom stereocenters. The lowest BCUT2D eigenvalue weighted by Gasteiger charge is -2.33. The number of hydrogen-bond acceptors (Lipinski definition) is 4. The summed E-state index contributed by atoms with van der Waals surface area (Å²) in [6.07, 6.45) is 1.18. The summed E-state index contributed by atoms with van der Waals surface area (Å²) in [6.45, 7) is 9.43. The molecule has 8 heteroatoms. The van der Waals surface area contributed by atoms with Crippen molar-refractivity contribution in [2.75, 3.05) is 13.6 Å². The molecule has 0 saturated carbocycles. The molecule has 186 valence electrons. The standard InChI is InChI=1S/C26H37N3O4S/c1-7-21(5)27-26(31)24(8-2)29(17-22-12-10-9-11-20(22)4)25(30)18-28(6)34(32,33)23-15-13-19(3)14-16-23/h9-16,21,24H,7-8,17-18H2,1-6H3,(H,27,31)/t21-,24+/m1/s1. The lowest BCUT2D eigenvalue weighted by atomic mass is 10.1. The van der Waals surface area contributed by atoms with E-state index in [1.165, 1.54) is 24.1 Å². The van der Waals surface area contributed by atoms with Crippen LogP contribution in [0.3, 0.4) is 0 Å². The Morgan fingerprint density at radius 2 is 1.59 bits per heavy atom. The van der Waals surface area contributed by atoms with Gasteiger partial charge in [-0.1, -0.05) is 55.8 Å². The number of carbonyl (C=O) groups is 2. The molecule has 0 radical (unpaired) electrons. The molecule has 0 aliphatic rings. The van der Waals surface area contributed by atoms with Crippen molar-refractivity contribution in [3.8, 4) is 0 Å². The van der Waals surface area contributed by atoms with Gasteiger partial charge in [0.25, 0.3) is 0 Å². The van der Waals surface area contributed by atoms with Crippen LogP contribution in [-0.4, -0.2) is 55.1 Å². The molecule has 2 amide bonds. The largest absolute Gasteiger partial charge is 0.352 e. The van der Waals surface area contributed by atoms with Gasteiger partial charge in [-0.25, -0.2) is 8.42 Å². The Morgan fingerprint density at radius 3 is 2.15 bits per heavy atom. The van der Waals surface area contributed by atoms with E-state index in [0.717, 1.165) is 27.4 Å². The van der Waals surface area contributed by atoms with E-state index in [2.05, 4.69) is 5.32 Å². The number of likely N-dealkylation sites (N-methyl/N-ethyl adjacent to an activating group) is 1. The molecule has 0 fully saturated rings. The van der Waals surface area contributed by atoms with Crippen LogP contribution in [0.2, 0.25) is 0 Å². The number of nitrogens with zero attached hydrogens (tertiary/aromatic N) is 2. The number of benzene rings is 2. The van der Waals surface area contributed by atoms with E-state index in [-0.39, 0.29) is 29.9 Å². The van der Waals surface area contributed by atoms with Gasteiger partial charge in [0.05, 0.1) is 11.4 Å². The summed E-state index contributed by atoms with van der Waals surface area (Å²) >= 11 is 0. The second-order valence-corrected chi connectivity index (χ2v) is 10.8. The Hall–Kier alpha value is -2.71.